The Hall–Kier alpha value is -2.05. The lowest BCUT2D eigenvalue weighted by molar-refractivity contribution is 0.1000. The number of halogens is 1. The molecule has 5 nitrogen and oxygen atoms in total. The number of anilines is 1. The van der Waals surface area contributed by atoms with Crippen molar-refractivity contribution < 1.29 is 13.2 Å². The van der Waals surface area contributed by atoms with Crippen LogP contribution in [0.2, 0.25) is 5.02 Å². The molecule has 0 spiro atoms. The van der Waals surface area contributed by atoms with Crippen LogP contribution in [0, 0.1) is 0 Å². The summed E-state index contributed by atoms with van der Waals surface area (Å²) in [4.78, 5) is 11.0. The molecule has 20 heavy (non-hydrogen) atoms. The molecule has 0 aliphatic rings. The first-order valence-corrected chi connectivity index (χ1v) is 7.43. The number of nitrogens with one attached hydrogen (secondary N) is 1. The van der Waals surface area contributed by atoms with Gasteiger partial charge >= 0.3 is 0 Å². The number of carbonyl (C=O) groups is 1. The van der Waals surface area contributed by atoms with Crippen molar-refractivity contribution >= 4 is 33.2 Å². The van der Waals surface area contributed by atoms with E-state index in [0.29, 0.717) is 10.7 Å². The van der Waals surface area contributed by atoms with Crippen LogP contribution in [-0.2, 0) is 10.0 Å². The molecule has 2 aromatic rings. The Balaban J connectivity index is 2.28. The van der Waals surface area contributed by atoms with Gasteiger partial charge in [-0.1, -0.05) is 17.7 Å². The van der Waals surface area contributed by atoms with Crippen molar-refractivity contribution in [3.8, 4) is 0 Å². The molecule has 0 saturated heterocycles. The topological polar surface area (TPSA) is 89.3 Å². The first-order valence-electron chi connectivity index (χ1n) is 5.57. The van der Waals surface area contributed by atoms with E-state index in [9.17, 15) is 13.2 Å². The number of rotatable bonds is 4. The van der Waals surface area contributed by atoms with Crippen LogP contribution in [0.5, 0.6) is 0 Å². The van der Waals surface area contributed by atoms with E-state index in [4.69, 9.17) is 17.3 Å². The summed E-state index contributed by atoms with van der Waals surface area (Å²) >= 11 is 5.79. The van der Waals surface area contributed by atoms with Crippen LogP contribution < -0.4 is 10.5 Å². The molecule has 7 heteroatoms. The molecule has 0 bridgehead atoms. The van der Waals surface area contributed by atoms with E-state index < -0.39 is 15.9 Å². The van der Waals surface area contributed by atoms with Crippen molar-refractivity contribution in [3.05, 3.63) is 59.1 Å². The van der Waals surface area contributed by atoms with E-state index in [1.165, 1.54) is 30.3 Å². The third-order valence-electron chi connectivity index (χ3n) is 2.53. The molecule has 1 amide bonds. The fourth-order valence-corrected chi connectivity index (χ4v) is 2.80. The van der Waals surface area contributed by atoms with E-state index in [2.05, 4.69) is 4.72 Å². The minimum atomic E-state index is -3.73. The highest BCUT2D eigenvalue weighted by molar-refractivity contribution is 7.92. The highest BCUT2D eigenvalue weighted by Gasteiger charge is 2.14. The van der Waals surface area contributed by atoms with E-state index in [-0.39, 0.29) is 10.5 Å². The Bertz CT molecular complexity index is 742. The van der Waals surface area contributed by atoms with Gasteiger partial charge in [-0.2, -0.15) is 0 Å². The van der Waals surface area contributed by atoms with Gasteiger partial charge in [0.05, 0.1) is 10.6 Å². The monoisotopic (exact) mass is 310 g/mol. The summed E-state index contributed by atoms with van der Waals surface area (Å²) in [6.45, 7) is 0. The van der Waals surface area contributed by atoms with Crippen LogP contribution in [0.3, 0.4) is 0 Å². The molecule has 0 heterocycles. The van der Waals surface area contributed by atoms with Gasteiger partial charge in [-0.15, -0.1) is 0 Å². The summed E-state index contributed by atoms with van der Waals surface area (Å²) in [6.07, 6.45) is 0. The second-order valence-corrected chi connectivity index (χ2v) is 6.12. The Kier molecular flexibility index (Phi) is 3.96. The zero-order chi connectivity index (χ0) is 14.8. The molecule has 0 aliphatic carbocycles. The first kappa shape index (κ1) is 14.4. The third-order valence-corrected chi connectivity index (χ3v) is 4.16. The molecule has 0 saturated carbocycles. The highest BCUT2D eigenvalue weighted by Crippen LogP contribution is 2.19. The summed E-state index contributed by atoms with van der Waals surface area (Å²) in [6, 6.07) is 11.7. The largest absolute Gasteiger partial charge is 0.366 e. The van der Waals surface area contributed by atoms with Gasteiger partial charge < -0.3 is 5.73 Å². The van der Waals surface area contributed by atoms with Gasteiger partial charge in [-0.3, -0.25) is 9.52 Å². The lowest BCUT2D eigenvalue weighted by Crippen LogP contribution is -2.14. The van der Waals surface area contributed by atoms with Gasteiger partial charge in [-0.05, 0) is 42.5 Å². The van der Waals surface area contributed by atoms with Gasteiger partial charge in [0.25, 0.3) is 10.0 Å². The molecule has 2 rings (SSSR count). The third kappa shape index (κ3) is 3.28. The second-order valence-electron chi connectivity index (χ2n) is 4.00. The van der Waals surface area contributed by atoms with Crippen molar-refractivity contribution in [1.29, 1.82) is 0 Å². The van der Waals surface area contributed by atoms with Crippen molar-refractivity contribution in [2.24, 2.45) is 5.73 Å². The number of hydrogen-bond acceptors (Lipinski definition) is 3. The fourth-order valence-electron chi connectivity index (χ4n) is 1.56. The number of hydrogen-bond donors (Lipinski definition) is 2. The predicted molar refractivity (Wildman–Crippen MR) is 77.2 cm³/mol. The molecule has 0 atom stereocenters. The van der Waals surface area contributed by atoms with Gasteiger partial charge in [0.1, 0.15) is 0 Å². The Morgan fingerprint density at radius 3 is 2.30 bits per heavy atom. The quantitative estimate of drug-likeness (QED) is 0.907. The van der Waals surface area contributed by atoms with Crippen LogP contribution in [0.15, 0.2) is 53.4 Å². The minimum Gasteiger partial charge on any atom is -0.366 e. The van der Waals surface area contributed by atoms with Crippen LogP contribution in [0.25, 0.3) is 0 Å². The number of benzene rings is 2. The first-order chi connectivity index (χ1) is 9.38. The number of sulfonamides is 1. The maximum atomic E-state index is 12.1. The lowest BCUT2D eigenvalue weighted by Gasteiger charge is -2.08. The van der Waals surface area contributed by atoms with E-state index in [0.717, 1.165) is 0 Å². The molecule has 0 aromatic heterocycles. The van der Waals surface area contributed by atoms with Crippen molar-refractivity contribution in [1.82, 2.24) is 0 Å². The maximum absolute atomic E-state index is 12.1. The second kappa shape index (κ2) is 5.52. The number of primary amides is 1. The Morgan fingerprint density at radius 1 is 1.10 bits per heavy atom. The standard InChI is InChI=1S/C13H11ClN2O3S/c14-10-2-1-3-11(8-10)16-20(18,19)12-6-4-9(5-7-12)13(15)17/h1-8,16H,(H2,15,17). The zero-order valence-corrected chi connectivity index (χ0v) is 11.8. The molecular formula is C13H11ClN2O3S. The number of nitrogens with two attached hydrogens (primary N) is 1. The Morgan fingerprint density at radius 2 is 1.75 bits per heavy atom. The summed E-state index contributed by atoms with van der Waals surface area (Å²) in [7, 11) is -3.73. The normalized spacial score (nSPS) is 11.1. The van der Waals surface area contributed by atoms with Gasteiger partial charge in [0, 0.05) is 10.6 Å². The SMILES string of the molecule is NC(=O)c1ccc(S(=O)(=O)Nc2cccc(Cl)c2)cc1. The molecular weight excluding hydrogens is 300 g/mol. The van der Waals surface area contributed by atoms with Crippen molar-refractivity contribution in [2.75, 3.05) is 4.72 Å². The van der Waals surface area contributed by atoms with E-state index in [1.807, 2.05) is 0 Å². The smallest absolute Gasteiger partial charge is 0.261 e. The average Bonchev–Trinajstić information content (AvgIpc) is 2.38. The van der Waals surface area contributed by atoms with Gasteiger partial charge in [0.2, 0.25) is 5.91 Å². The summed E-state index contributed by atoms with van der Waals surface area (Å²) in [5.74, 6) is -0.614. The molecule has 0 aliphatic heterocycles. The van der Waals surface area contributed by atoms with Crippen LogP contribution in [-0.4, -0.2) is 14.3 Å². The highest BCUT2D eigenvalue weighted by atomic mass is 35.5. The summed E-state index contributed by atoms with van der Waals surface area (Å²) in [5, 5.41) is 0.425. The summed E-state index contributed by atoms with van der Waals surface area (Å²) in [5.41, 5.74) is 5.69. The molecule has 104 valence electrons. The van der Waals surface area contributed by atoms with Gasteiger partial charge in [0.15, 0.2) is 0 Å². The van der Waals surface area contributed by atoms with E-state index in [1.54, 1.807) is 18.2 Å². The van der Waals surface area contributed by atoms with Gasteiger partial charge in [-0.25, -0.2) is 8.42 Å². The van der Waals surface area contributed by atoms with Crippen molar-refractivity contribution in [3.63, 3.8) is 0 Å². The minimum absolute atomic E-state index is 0.0301. The number of carbonyl (C=O) groups excluding carboxylic acids is 1. The molecule has 3 N–H and O–H groups in total. The van der Waals surface area contributed by atoms with Crippen LogP contribution in [0.4, 0.5) is 5.69 Å². The fraction of sp³-hybridized carbons (Fsp3) is 0. The number of amides is 1. The molecule has 0 fully saturated rings. The average molecular weight is 311 g/mol. The molecule has 2 aromatic carbocycles. The lowest BCUT2D eigenvalue weighted by atomic mass is 10.2. The van der Waals surface area contributed by atoms with Crippen molar-refractivity contribution in [2.45, 2.75) is 4.90 Å². The maximum Gasteiger partial charge on any atom is 0.261 e. The van der Waals surface area contributed by atoms with Crippen LogP contribution in [0.1, 0.15) is 10.4 Å². The zero-order valence-electron chi connectivity index (χ0n) is 10.2. The summed E-state index contributed by atoms with van der Waals surface area (Å²) < 4.78 is 26.6. The molecule has 0 radical (unpaired) electrons. The Labute approximate surface area is 121 Å². The molecule has 0 unspecified atom stereocenters. The predicted octanol–water partition coefficient (Wildman–Crippen LogP) is 2.24. The van der Waals surface area contributed by atoms with Crippen LogP contribution >= 0.6 is 11.6 Å². The van der Waals surface area contributed by atoms with E-state index >= 15 is 0 Å².